The first-order valence-corrected chi connectivity index (χ1v) is 4.33. The second-order valence-electron chi connectivity index (χ2n) is 3.05. The molecule has 2 N–H and O–H groups in total. The van der Waals surface area contributed by atoms with Crippen LogP contribution in [0.2, 0.25) is 0 Å². The van der Waals surface area contributed by atoms with Gasteiger partial charge in [0.1, 0.15) is 0 Å². The Bertz CT molecular complexity index is 542. The standard InChI is InChI=1S/C10H6N2O4/c13-9(14)7-5-3-1-2-4-6(5)8(10(15)16)12-11-7/h1-4H,(H,13,14)(H,15,16). The summed E-state index contributed by atoms with van der Waals surface area (Å²) in [4.78, 5) is 21.7. The number of aromatic carboxylic acids is 2. The molecule has 6 nitrogen and oxygen atoms in total. The van der Waals surface area contributed by atoms with Gasteiger partial charge in [0.25, 0.3) is 0 Å². The zero-order chi connectivity index (χ0) is 11.7. The molecule has 80 valence electrons. The van der Waals surface area contributed by atoms with Gasteiger partial charge in [0, 0.05) is 10.8 Å². The third kappa shape index (κ3) is 1.46. The van der Waals surface area contributed by atoms with Crippen molar-refractivity contribution in [2.75, 3.05) is 0 Å². The molecule has 0 aliphatic rings. The lowest BCUT2D eigenvalue weighted by molar-refractivity contribution is 0.0672. The molecular weight excluding hydrogens is 212 g/mol. The first-order valence-electron chi connectivity index (χ1n) is 4.33. The van der Waals surface area contributed by atoms with Crippen molar-refractivity contribution in [3.63, 3.8) is 0 Å². The molecule has 0 saturated heterocycles. The van der Waals surface area contributed by atoms with Crippen LogP contribution in [-0.4, -0.2) is 32.3 Å². The van der Waals surface area contributed by atoms with Gasteiger partial charge >= 0.3 is 11.9 Å². The highest BCUT2D eigenvalue weighted by Gasteiger charge is 2.17. The Labute approximate surface area is 89.2 Å². The van der Waals surface area contributed by atoms with Gasteiger partial charge in [-0.15, -0.1) is 10.2 Å². The third-order valence-corrected chi connectivity index (χ3v) is 2.09. The molecule has 0 aliphatic carbocycles. The van der Waals surface area contributed by atoms with Crippen LogP contribution >= 0.6 is 0 Å². The quantitative estimate of drug-likeness (QED) is 0.780. The molecule has 0 unspecified atom stereocenters. The summed E-state index contributed by atoms with van der Waals surface area (Å²) in [5.41, 5.74) is -0.499. The first-order chi connectivity index (χ1) is 7.61. The van der Waals surface area contributed by atoms with Crippen LogP contribution in [0.25, 0.3) is 10.8 Å². The van der Waals surface area contributed by atoms with E-state index in [2.05, 4.69) is 10.2 Å². The monoisotopic (exact) mass is 218 g/mol. The van der Waals surface area contributed by atoms with Crippen LogP contribution in [0.4, 0.5) is 0 Å². The van der Waals surface area contributed by atoms with Crippen molar-refractivity contribution < 1.29 is 19.8 Å². The number of fused-ring (bicyclic) bond motifs is 1. The zero-order valence-electron chi connectivity index (χ0n) is 7.91. The van der Waals surface area contributed by atoms with Crippen LogP contribution < -0.4 is 0 Å². The second-order valence-corrected chi connectivity index (χ2v) is 3.05. The average Bonchev–Trinajstić information content (AvgIpc) is 2.27. The SMILES string of the molecule is O=C(O)c1nnc(C(=O)O)c2ccccc12. The van der Waals surface area contributed by atoms with Crippen molar-refractivity contribution in [2.45, 2.75) is 0 Å². The highest BCUT2D eigenvalue weighted by Crippen LogP contribution is 2.19. The molecule has 0 spiro atoms. The maximum absolute atomic E-state index is 10.8. The minimum absolute atomic E-state index is 0.249. The van der Waals surface area contributed by atoms with Crippen molar-refractivity contribution in [2.24, 2.45) is 0 Å². The van der Waals surface area contributed by atoms with E-state index in [-0.39, 0.29) is 22.2 Å². The van der Waals surface area contributed by atoms with E-state index in [0.717, 1.165) is 0 Å². The van der Waals surface area contributed by atoms with Crippen molar-refractivity contribution in [1.29, 1.82) is 0 Å². The molecule has 1 aromatic carbocycles. The van der Waals surface area contributed by atoms with Gasteiger partial charge in [0.05, 0.1) is 0 Å². The highest BCUT2D eigenvalue weighted by molar-refractivity contribution is 6.08. The predicted molar refractivity (Wildman–Crippen MR) is 53.5 cm³/mol. The second kappa shape index (κ2) is 3.58. The van der Waals surface area contributed by atoms with Crippen LogP contribution in [0, 0.1) is 0 Å². The number of carboxylic acids is 2. The van der Waals surface area contributed by atoms with Gasteiger partial charge < -0.3 is 10.2 Å². The summed E-state index contributed by atoms with van der Waals surface area (Å²) in [5, 5.41) is 25.1. The molecule has 1 heterocycles. The fourth-order valence-corrected chi connectivity index (χ4v) is 1.42. The van der Waals surface area contributed by atoms with Crippen LogP contribution in [0.15, 0.2) is 24.3 Å². The van der Waals surface area contributed by atoms with Gasteiger partial charge in [-0.25, -0.2) is 9.59 Å². The lowest BCUT2D eigenvalue weighted by atomic mass is 10.1. The van der Waals surface area contributed by atoms with E-state index in [4.69, 9.17) is 10.2 Å². The van der Waals surface area contributed by atoms with E-state index < -0.39 is 11.9 Å². The van der Waals surface area contributed by atoms with Gasteiger partial charge in [-0.3, -0.25) is 0 Å². The summed E-state index contributed by atoms with van der Waals surface area (Å²) in [5.74, 6) is -2.47. The first kappa shape index (κ1) is 10.0. The Morgan fingerprint density at radius 2 is 1.25 bits per heavy atom. The number of benzene rings is 1. The molecule has 2 aromatic rings. The summed E-state index contributed by atoms with van der Waals surface area (Å²) in [6, 6.07) is 6.23. The normalized spacial score (nSPS) is 10.2. The van der Waals surface area contributed by atoms with Crippen molar-refractivity contribution in [3.05, 3.63) is 35.7 Å². The third-order valence-electron chi connectivity index (χ3n) is 2.09. The molecule has 0 aliphatic heterocycles. The molecular formula is C10H6N2O4. The number of carboxylic acid groups (broad SMARTS) is 2. The summed E-state index contributed by atoms with van der Waals surface area (Å²) in [6.45, 7) is 0. The molecule has 0 bridgehead atoms. The molecule has 0 fully saturated rings. The number of rotatable bonds is 2. The minimum Gasteiger partial charge on any atom is -0.476 e. The van der Waals surface area contributed by atoms with E-state index in [1.807, 2.05) is 0 Å². The van der Waals surface area contributed by atoms with E-state index in [1.165, 1.54) is 12.1 Å². The summed E-state index contributed by atoms with van der Waals surface area (Å²) < 4.78 is 0. The van der Waals surface area contributed by atoms with Crippen LogP contribution in [0.5, 0.6) is 0 Å². The molecule has 0 saturated carbocycles. The fraction of sp³-hybridized carbons (Fsp3) is 0. The lowest BCUT2D eigenvalue weighted by Gasteiger charge is -2.02. The Morgan fingerprint density at radius 3 is 1.56 bits per heavy atom. The largest absolute Gasteiger partial charge is 0.476 e. The maximum Gasteiger partial charge on any atom is 0.357 e. The highest BCUT2D eigenvalue weighted by atomic mass is 16.4. The fourth-order valence-electron chi connectivity index (χ4n) is 1.42. The van der Waals surface area contributed by atoms with Crippen LogP contribution in [0.1, 0.15) is 21.0 Å². The summed E-state index contributed by atoms with van der Waals surface area (Å²) in [7, 11) is 0. The molecule has 6 heteroatoms. The van der Waals surface area contributed by atoms with Gasteiger partial charge in [-0.05, 0) is 0 Å². The molecule has 0 radical (unpaired) electrons. The van der Waals surface area contributed by atoms with Crippen molar-refractivity contribution in [1.82, 2.24) is 10.2 Å². The number of aromatic nitrogens is 2. The van der Waals surface area contributed by atoms with E-state index in [1.54, 1.807) is 12.1 Å². The summed E-state index contributed by atoms with van der Waals surface area (Å²) >= 11 is 0. The van der Waals surface area contributed by atoms with E-state index in [9.17, 15) is 9.59 Å². The van der Waals surface area contributed by atoms with E-state index in [0.29, 0.717) is 0 Å². The summed E-state index contributed by atoms with van der Waals surface area (Å²) in [6.07, 6.45) is 0. The zero-order valence-corrected chi connectivity index (χ0v) is 7.91. The molecule has 0 amide bonds. The Kier molecular flexibility index (Phi) is 2.24. The van der Waals surface area contributed by atoms with Gasteiger partial charge in [-0.2, -0.15) is 0 Å². The smallest absolute Gasteiger partial charge is 0.357 e. The van der Waals surface area contributed by atoms with Gasteiger partial charge in [0.2, 0.25) is 0 Å². The molecule has 1 aromatic heterocycles. The molecule has 2 rings (SSSR count). The topological polar surface area (TPSA) is 100 Å². The van der Waals surface area contributed by atoms with Crippen LogP contribution in [-0.2, 0) is 0 Å². The van der Waals surface area contributed by atoms with Crippen molar-refractivity contribution >= 4 is 22.7 Å². The Hall–Kier alpha value is -2.50. The Balaban J connectivity index is 2.87. The number of hydrogen-bond donors (Lipinski definition) is 2. The molecule has 0 atom stereocenters. The lowest BCUT2D eigenvalue weighted by Crippen LogP contribution is -2.09. The maximum atomic E-state index is 10.8. The number of nitrogens with zero attached hydrogens (tertiary/aromatic N) is 2. The average molecular weight is 218 g/mol. The Morgan fingerprint density at radius 1 is 0.875 bits per heavy atom. The van der Waals surface area contributed by atoms with E-state index >= 15 is 0 Å². The van der Waals surface area contributed by atoms with Gasteiger partial charge in [-0.1, -0.05) is 24.3 Å². The van der Waals surface area contributed by atoms with Crippen LogP contribution in [0.3, 0.4) is 0 Å². The predicted octanol–water partition coefficient (Wildman–Crippen LogP) is 1.03. The van der Waals surface area contributed by atoms with Gasteiger partial charge in [0.15, 0.2) is 11.4 Å². The minimum atomic E-state index is -1.24. The molecule has 16 heavy (non-hydrogen) atoms. The number of carbonyl (C=O) groups is 2. The number of hydrogen-bond acceptors (Lipinski definition) is 4. The van der Waals surface area contributed by atoms with Crippen molar-refractivity contribution in [3.8, 4) is 0 Å².